The summed E-state index contributed by atoms with van der Waals surface area (Å²) in [5, 5.41) is 3.29. The van der Waals surface area contributed by atoms with Crippen LogP contribution in [-0.2, 0) is 6.42 Å². The zero-order valence-corrected chi connectivity index (χ0v) is 18.0. The molecule has 1 aliphatic rings. The van der Waals surface area contributed by atoms with Crippen molar-refractivity contribution in [3.63, 3.8) is 0 Å². The molecule has 3 rings (SSSR count). The SMILES string of the molecule is CNCC(CC1CCCc2c(OC)c(OC)cc(C)c21)c1cccc(F)c1.Cl. The van der Waals surface area contributed by atoms with Gasteiger partial charge in [-0.3, -0.25) is 0 Å². The summed E-state index contributed by atoms with van der Waals surface area (Å²) in [5.41, 5.74) is 5.01. The Morgan fingerprint density at radius 3 is 2.64 bits per heavy atom. The monoisotopic (exact) mass is 407 g/mol. The Kier molecular flexibility index (Phi) is 8.14. The molecular weight excluding hydrogens is 377 g/mol. The van der Waals surface area contributed by atoms with Crippen LogP contribution in [0.4, 0.5) is 4.39 Å². The molecular formula is C23H31ClFNO2. The normalized spacial score (nSPS) is 16.7. The third-order valence-corrected chi connectivity index (χ3v) is 5.75. The van der Waals surface area contributed by atoms with E-state index < -0.39 is 0 Å². The minimum atomic E-state index is -0.166. The third-order valence-electron chi connectivity index (χ3n) is 5.75. The zero-order chi connectivity index (χ0) is 19.4. The fraction of sp³-hybridized carbons (Fsp3) is 0.478. The van der Waals surface area contributed by atoms with Gasteiger partial charge in [0.15, 0.2) is 11.5 Å². The highest BCUT2D eigenvalue weighted by atomic mass is 35.5. The van der Waals surface area contributed by atoms with Gasteiger partial charge in [-0.25, -0.2) is 4.39 Å². The topological polar surface area (TPSA) is 30.5 Å². The lowest BCUT2D eigenvalue weighted by Gasteiger charge is -2.32. The summed E-state index contributed by atoms with van der Waals surface area (Å²) in [7, 11) is 5.37. The molecule has 0 amide bonds. The minimum Gasteiger partial charge on any atom is -0.493 e. The molecule has 28 heavy (non-hydrogen) atoms. The molecule has 0 saturated heterocycles. The number of halogens is 2. The van der Waals surface area contributed by atoms with E-state index in [2.05, 4.69) is 18.3 Å². The van der Waals surface area contributed by atoms with Gasteiger partial charge < -0.3 is 14.8 Å². The average Bonchev–Trinajstić information content (AvgIpc) is 2.67. The van der Waals surface area contributed by atoms with Crippen molar-refractivity contribution < 1.29 is 13.9 Å². The van der Waals surface area contributed by atoms with Gasteiger partial charge in [0.1, 0.15) is 5.82 Å². The Bertz CT molecular complexity index is 796. The molecule has 1 N–H and O–H groups in total. The highest BCUT2D eigenvalue weighted by Crippen LogP contribution is 2.46. The lowest BCUT2D eigenvalue weighted by molar-refractivity contribution is 0.346. The first-order chi connectivity index (χ1) is 13.1. The molecule has 0 bridgehead atoms. The molecule has 2 unspecified atom stereocenters. The van der Waals surface area contributed by atoms with E-state index in [0.29, 0.717) is 5.92 Å². The van der Waals surface area contributed by atoms with E-state index in [0.717, 1.165) is 49.3 Å². The van der Waals surface area contributed by atoms with Gasteiger partial charge in [0, 0.05) is 12.1 Å². The maximum Gasteiger partial charge on any atom is 0.164 e. The first kappa shape index (κ1) is 22.5. The molecule has 0 heterocycles. The van der Waals surface area contributed by atoms with Crippen molar-refractivity contribution in [1.82, 2.24) is 5.32 Å². The van der Waals surface area contributed by atoms with Crippen molar-refractivity contribution in [3.8, 4) is 11.5 Å². The Morgan fingerprint density at radius 1 is 1.21 bits per heavy atom. The number of methoxy groups -OCH3 is 2. The van der Waals surface area contributed by atoms with Gasteiger partial charge in [-0.15, -0.1) is 12.4 Å². The number of fused-ring (bicyclic) bond motifs is 1. The Labute approximate surface area is 174 Å². The maximum atomic E-state index is 13.8. The standard InChI is InChI=1S/C23H30FNO2.ClH/c1-15-11-21(26-3)23(27-4)20-10-6-8-17(22(15)20)12-18(14-25-2)16-7-5-9-19(24)13-16;/h5,7,9,11,13,17-18,25H,6,8,10,12,14H2,1-4H3;1H. The van der Waals surface area contributed by atoms with Crippen molar-refractivity contribution in [2.75, 3.05) is 27.8 Å². The number of nitrogens with one attached hydrogen (secondary N) is 1. The number of benzene rings is 2. The zero-order valence-electron chi connectivity index (χ0n) is 17.2. The van der Waals surface area contributed by atoms with E-state index in [-0.39, 0.29) is 24.1 Å². The van der Waals surface area contributed by atoms with E-state index in [9.17, 15) is 4.39 Å². The van der Waals surface area contributed by atoms with Crippen molar-refractivity contribution in [1.29, 1.82) is 0 Å². The summed E-state index contributed by atoms with van der Waals surface area (Å²) >= 11 is 0. The first-order valence-electron chi connectivity index (χ1n) is 9.73. The van der Waals surface area contributed by atoms with Crippen LogP contribution in [0.1, 0.15) is 53.4 Å². The predicted molar refractivity (Wildman–Crippen MR) is 115 cm³/mol. The van der Waals surface area contributed by atoms with Crippen LogP contribution in [0, 0.1) is 12.7 Å². The highest BCUT2D eigenvalue weighted by Gasteiger charge is 2.29. The number of aryl methyl sites for hydroxylation is 1. The van der Waals surface area contributed by atoms with Gasteiger partial charge in [0.25, 0.3) is 0 Å². The number of hydrogen-bond acceptors (Lipinski definition) is 3. The van der Waals surface area contributed by atoms with E-state index in [4.69, 9.17) is 9.47 Å². The molecule has 0 radical (unpaired) electrons. The second-order valence-electron chi connectivity index (χ2n) is 7.46. The maximum absolute atomic E-state index is 13.8. The lowest BCUT2D eigenvalue weighted by atomic mass is 9.74. The van der Waals surface area contributed by atoms with Gasteiger partial charge in [0.05, 0.1) is 14.2 Å². The molecule has 0 saturated carbocycles. The van der Waals surface area contributed by atoms with Crippen molar-refractivity contribution in [2.45, 2.75) is 44.4 Å². The molecule has 2 atom stereocenters. The summed E-state index contributed by atoms with van der Waals surface area (Å²) in [6, 6.07) is 9.12. The third kappa shape index (κ3) is 4.61. The second-order valence-corrected chi connectivity index (χ2v) is 7.46. The van der Waals surface area contributed by atoms with Crippen LogP contribution >= 0.6 is 12.4 Å². The second kappa shape index (κ2) is 10.1. The molecule has 2 aromatic carbocycles. The molecule has 0 fully saturated rings. The highest BCUT2D eigenvalue weighted by molar-refractivity contribution is 5.85. The van der Waals surface area contributed by atoms with Crippen LogP contribution in [0.25, 0.3) is 0 Å². The number of hydrogen-bond donors (Lipinski definition) is 1. The van der Waals surface area contributed by atoms with Crippen molar-refractivity contribution in [3.05, 3.63) is 58.4 Å². The van der Waals surface area contributed by atoms with Gasteiger partial charge in [-0.05, 0) is 86.4 Å². The van der Waals surface area contributed by atoms with Crippen LogP contribution in [0.5, 0.6) is 11.5 Å². The lowest BCUT2D eigenvalue weighted by Crippen LogP contribution is -2.22. The van der Waals surface area contributed by atoms with Crippen LogP contribution in [-0.4, -0.2) is 27.8 Å². The summed E-state index contributed by atoms with van der Waals surface area (Å²) in [4.78, 5) is 0. The summed E-state index contributed by atoms with van der Waals surface area (Å²) in [6.07, 6.45) is 4.30. The summed E-state index contributed by atoms with van der Waals surface area (Å²) in [6.45, 7) is 3.00. The van der Waals surface area contributed by atoms with Crippen LogP contribution in [0.2, 0.25) is 0 Å². The van der Waals surface area contributed by atoms with E-state index >= 15 is 0 Å². The Balaban J connectivity index is 0.00000280. The minimum absolute atomic E-state index is 0. The van der Waals surface area contributed by atoms with E-state index in [1.54, 1.807) is 26.4 Å². The van der Waals surface area contributed by atoms with Crippen molar-refractivity contribution in [2.24, 2.45) is 0 Å². The van der Waals surface area contributed by atoms with Crippen molar-refractivity contribution >= 4 is 12.4 Å². The van der Waals surface area contributed by atoms with Crippen LogP contribution < -0.4 is 14.8 Å². The Hall–Kier alpha value is -1.78. The molecule has 1 aliphatic carbocycles. The largest absolute Gasteiger partial charge is 0.493 e. The molecule has 154 valence electrons. The van der Waals surface area contributed by atoms with Gasteiger partial charge >= 0.3 is 0 Å². The predicted octanol–water partition coefficient (Wildman–Crippen LogP) is 5.39. The molecule has 5 heteroatoms. The van der Waals surface area contributed by atoms with E-state index in [1.165, 1.54) is 22.8 Å². The van der Waals surface area contributed by atoms with Crippen LogP contribution in [0.3, 0.4) is 0 Å². The summed E-state index contributed by atoms with van der Waals surface area (Å²) < 4.78 is 25.0. The fourth-order valence-corrected chi connectivity index (χ4v) is 4.63. The molecule has 3 nitrogen and oxygen atoms in total. The van der Waals surface area contributed by atoms with Gasteiger partial charge in [-0.2, -0.15) is 0 Å². The average molecular weight is 408 g/mol. The van der Waals surface area contributed by atoms with E-state index in [1.807, 2.05) is 13.1 Å². The first-order valence-corrected chi connectivity index (χ1v) is 9.73. The molecule has 2 aromatic rings. The fourth-order valence-electron chi connectivity index (χ4n) is 4.63. The molecule has 0 aliphatic heterocycles. The Morgan fingerprint density at radius 2 is 2.00 bits per heavy atom. The van der Waals surface area contributed by atoms with Crippen LogP contribution in [0.15, 0.2) is 30.3 Å². The number of likely N-dealkylation sites (N-methyl/N-ethyl adjacent to an activating group) is 1. The number of ether oxygens (including phenoxy) is 2. The molecule has 0 spiro atoms. The smallest absolute Gasteiger partial charge is 0.164 e. The molecule has 0 aromatic heterocycles. The summed E-state index contributed by atoms with van der Waals surface area (Å²) in [5.74, 6) is 2.23. The number of rotatable bonds is 7. The quantitative estimate of drug-likeness (QED) is 0.667. The van der Waals surface area contributed by atoms with Gasteiger partial charge in [0.2, 0.25) is 0 Å². The van der Waals surface area contributed by atoms with Gasteiger partial charge in [-0.1, -0.05) is 12.1 Å².